The molecular weight excluding hydrogens is 438 g/mol. The van der Waals surface area contributed by atoms with E-state index in [0.29, 0.717) is 27.4 Å². The number of carbonyl (C=O) groups excluding carboxylic acids is 2. The summed E-state index contributed by atoms with van der Waals surface area (Å²) in [5, 5.41) is 11.1. The molecule has 0 unspecified atom stereocenters. The van der Waals surface area contributed by atoms with Gasteiger partial charge in [-0.25, -0.2) is 4.79 Å². The van der Waals surface area contributed by atoms with Gasteiger partial charge >= 0.3 is 6.03 Å². The molecule has 0 radical (unpaired) electrons. The Bertz CT molecular complexity index is 1090. The van der Waals surface area contributed by atoms with Crippen molar-refractivity contribution in [2.24, 2.45) is 11.7 Å². The van der Waals surface area contributed by atoms with Gasteiger partial charge < -0.3 is 10.5 Å². The molecule has 0 aliphatic carbocycles. The Kier molecular flexibility index (Phi) is 7.19. The van der Waals surface area contributed by atoms with E-state index >= 15 is 0 Å². The molecule has 0 saturated heterocycles. The van der Waals surface area contributed by atoms with E-state index in [0.717, 1.165) is 5.56 Å². The van der Waals surface area contributed by atoms with Crippen molar-refractivity contribution >= 4 is 35.3 Å². The summed E-state index contributed by atoms with van der Waals surface area (Å²) in [5.41, 5.74) is 6.68. The number of primary amides is 1. The van der Waals surface area contributed by atoms with Crippen molar-refractivity contribution < 1.29 is 14.3 Å². The number of halogens is 1. The number of hydrogen-bond acceptors (Lipinski definition) is 6. The predicted molar refractivity (Wildman–Crippen MR) is 121 cm³/mol. The number of benzene rings is 2. The molecule has 0 aliphatic heterocycles. The minimum atomic E-state index is -0.898. The second kappa shape index (κ2) is 9.84. The van der Waals surface area contributed by atoms with Crippen LogP contribution < -0.4 is 15.8 Å². The van der Waals surface area contributed by atoms with Crippen molar-refractivity contribution in [1.29, 1.82) is 0 Å². The average molecular weight is 460 g/mol. The zero-order valence-electron chi connectivity index (χ0n) is 17.2. The van der Waals surface area contributed by atoms with Crippen LogP contribution in [0.5, 0.6) is 5.75 Å². The first-order valence-electron chi connectivity index (χ1n) is 9.43. The number of hydrogen-bond donors (Lipinski definition) is 2. The Balaban J connectivity index is 2.10. The molecule has 1 heterocycles. The Labute approximate surface area is 189 Å². The fraction of sp³-hybridized carbons (Fsp3) is 0.238. The number of amides is 3. The van der Waals surface area contributed by atoms with Crippen LogP contribution >= 0.6 is 23.4 Å². The van der Waals surface area contributed by atoms with Gasteiger partial charge in [0.05, 0.1) is 23.1 Å². The lowest BCUT2D eigenvalue weighted by molar-refractivity contribution is -0.120. The summed E-state index contributed by atoms with van der Waals surface area (Å²) in [5.74, 6) is 0.530. The minimum absolute atomic E-state index is 0.103. The Morgan fingerprint density at radius 1 is 1.16 bits per heavy atom. The maximum atomic E-state index is 12.5. The number of carbonyl (C=O) groups is 2. The number of methoxy groups -OCH3 is 1. The fourth-order valence-electron chi connectivity index (χ4n) is 2.95. The highest BCUT2D eigenvalue weighted by Gasteiger charge is 2.28. The van der Waals surface area contributed by atoms with Crippen LogP contribution in [0, 0.1) is 5.92 Å². The van der Waals surface area contributed by atoms with Gasteiger partial charge in [0.25, 0.3) is 0 Å². The largest absolute Gasteiger partial charge is 0.495 e. The van der Waals surface area contributed by atoms with Crippen LogP contribution in [0.25, 0.3) is 17.1 Å². The number of nitrogens with zero attached hydrogens (tertiary/aromatic N) is 3. The second-order valence-corrected chi connectivity index (χ2v) is 8.48. The SMILES string of the molecule is COc1ccc(-n2c(S[C@H](C(=O)NC(N)=O)C(C)C)nnc2-c2ccccc2)cc1Cl. The summed E-state index contributed by atoms with van der Waals surface area (Å²) in [6.07, 6.45) is 0. The summed E-state index contributed by atoms with van der Waals surface area (Å²) in [4.78, 5) is 23.7. The zero-order valence-corrected chi connectivity index (χ0v) is 18.8. The van der Waals surface area contributed by atoms with Crippen LogP contribution in [-0.4, -0.2) is 39.1 Å². The molecule has 0 spiro atoms. The van der Waals surface area contributed by atoms with Crippen molar-refractivity contribution in [2.75, 3.05) is 7.11 Å². The first-order valence-corrected chi connectivity index (χ1v) is 10.7. The first kappa shape index (κ1) is 22.6. The number of imide groups is 1. The highest BCUT2D eigenvalue weighted by molar-refractivity contribution is 8.00. The van der Waals surface area contributed by atoms with Gasteiger partial charge in [0, 0.05) is 5.56 Å². The molecule has 3 amide bonds. The molecule has 0 fully saturated rings. The highest BCUT2D eigenvalue weighted by Crippen LogP contribution is 2.35. The van der Waals surface area contributed by atoms with Crippen molar-refractivity contribution in [1.82, 2.24) is 20.1 Å². The number of nitrogens with two attached hydrogens (primary N) is 1. The summed E-state index contributed by atoms with van der Waals surface area (Å²) in [6, 6.07) is 14.0. The normalized spacial score (nSPS) is 11.9. The number of aromatic nitrogens is 3. The third kappa shape index (κ3) is 5.18. The van der Waals surface area contributed by atoms with Crippen LogP contribution in [0.2, 0.25) is 5.02 Å². The Morgan fingerprint density at radius 3 is 2.45 bits per heavy atom. The average Bonchev–Trinajstić information content (AvgIpc) is 3.15. The van der Waals surface area contributed by atoms with Crippen molar-refractivity contribution in [3.8, 4) is 22.8 Å². The summed E-state index contributed by atoms with van der Waals surface area (Å²) in [7, 11) is 1.54. The standard InChI is InChI=1S/C21H22ClN5O3S/c1-12(2)17(19(28)24-20(23)29)31-21-26-25-18(13-7-5-4-6-8-13)27(21)14-9-10-16(30-3)15(22)11-14/h4-12,17H,1-3H3,(H3,23,24,28,29)/t17-/m0/s1. The summed E-state index contributed by atoms with van der Waals surface area (Å²) < 4.78 is 7.07. The number of ether oxygens (including phenoxy) is 1. The quantitative estimate of drug-likeness (QED) is 0.518. The van der Waals surface area contributed by atoms with E-state index in [4.69, 9.17) is 22.1 Å². The van der Waals surface area contributed by atoms with E-state index in [-0.39, 0.29) is 5.92 Å². The van der Waals surface area contributed by atoms with Crippen LogP contribution in [0.3, 0.4) is 0 Å². The molecule has 0 aliphatic rings. The molecule has 0 saturated carbocycles. The molecule has 3 N–H and O–H groups in total. The lowest BCUT2D eigenvalue weighted by Crippen LogP contribution is -2.42. The topological polar surface area (TPSA) is 112 Å². The number of thioether (sulfide) groups is 1. The van der Waals surface area contributed by atoms with E-state index in [1.54, 1.807) is 19.2 Å². The van der Waals surface area contributed by atoms with Gasteiger partial charge in [-0.05, 0) is 24.1 Å². The maximum absolute atomic E-state index is 12.5. The molecule has 8 nitrogen and oxygen atoms in total. The van der Waals surface area contributed by atoms with E-state index in [9.17, 15) is 9.59 Å². The van der Waals surface area contributed by atoms with Gasteiger partial charge in [-0.2, -0.15) is 0 Å². The number of urea groups is 1. The third-order valence-electron chi connectivity index (χ3n) is 4.40. The fourth-order valence-corrected chi connectivity index (χ4v) is 4.25. The monoisotopic (exact) mass is 459 g/mol. The van der Waals surface area contributed by atoms with Crippen LogP contribution in [0.1, 0.15) is 13.8 Å². The van der Waals surface area contributed by atoms with Crippen molar-refractivity contribution in [3.63, 3.8) is 0 Å². The molecule has 2 aromatic carbocycles. The van der Waals surface area contributed by atoms with Crippen molar-refractivity contribution in [2.45, 2.75) is 24.3 Å². The third-order valence-corrected chi connectivity index (χ3v) is 6.18. The Hall–Kier alpha value is -3.04. The molecule has 1 aromatic heterocycles. The molecular formula is C21H22ClN5O3S. The molecule has 1 atom stereocenters. The molecule has 31 heavy (non-hydrogen) atoms. The smallest absolute Gasteiger partial charge is 0.318 e. The second-order valence-electron chi connectivity index (χ2n) is 6.96. The van der Waals surface area contributed by atoms with Gasteiger partial charge in [-0.15, -0.1) is 10.2 Å². The van der Waals surface area contributed by atoms with Crippen molar-refractivity contribution in [3.05, 3.63) is 53.6 Å². The molecule has 3 aromatic rings. The van der Waals surface area contributed by atoms with E-state index < -0.39 is 17.2 Å². The van der Waals surface area contributed by atoms with Gasteiger partial charge in [0.15, 0.2) is 11.0 Å². The minimum Gasteiger partial charge on any atom is -0.495 e. The van der Waals surface area contributed by atoms with Crippen LogP contribution in [-0.2, 0) is 4.79 Å². The maximum Gasteiger partial charge on any atom is 0.318 e. The van der Waals surface area contributed by atoms with E-state index in [1.165, 1.54) is 11.8 Å². The molecule has 10 heteroatoms. The zero-order chi connectivity index (χ0) is 22.5. The lowest BCUT2D eigenvalue weighted by atomic mass is 10.1. The van der Waals surface area contributed by atoms with Gasteiger partial charge in [0.2, 0.25) is 5.91 Å². The van der Waals surface area contributed by atoms with E-state index in [1.807, 2.05) is 54.8 Å². The molecule has 3 rings (SSSR count). The number of nitrogens with one attached hydrogen (secondary N) is 1. The Morgan fingerprint density at radius 2 is 1.87 bits per heavy atom. The van der Waals surface area contributed by atoms with Gasteiger partial charge in [-0.1, -0.05) is 67.5 Å². The highest BCUT2D eigenvalue weighted by atomic mass is 35.5. The number of rotatable bonds is 7. The van der Waals surface area contributed by atoms with Gasteiger partial charge in [-0.3, -0.25) is 14.7 Å². The molecule has 0 bridgehead atoms. The lowest BCUT2D eigenvalue weighted by Gasteiger charge is -2.19. The van der Waals surface area contributed by atoms with Crippen LogP contribution in [0.15, 0.2) is 53.7 Å². The van der Waals surface area contributed by atoms with Crippen LogP contribution in [0.4, 0.5) is 4.79 Å². The molecule has 162 valence electrons. The van der Waals surface area contributed by atoms with Gasteiger partial charge in [0.1, 0.15) is 5.75 Å². The summed E-state index contributed by atoms with van der Waals surface area (Å²) in [6.45, 7) is 3.75. The van der Waals surface area contributed by atoms with E-state index in [2.05, 4.69) is 15.5 Å². The first-order chi connectivity index (χ1) is 14.8. The predicted octanol–water partition coefficient (Wildman–Crippen LogP) is 3.91. The summed E-state index contributed by atoms with van der Waals surface area (Å²) >= 11 is 7.55.